The standard InChI is InChI=1S/C14H19BrN2O4/c1-14(2,3)10-7-9(15)5-6-11(10)21-8-12(18)16-17-13(19)20-4/h5-7H,8H2,1-4H3,(H,16,18)(H,17,19). The van der Waals surface area contributed by atoms with Gasteiger partial charge in [-0.2, -0.15) is 0 Å². The van der Waals surface area contributed by atoms with Crippen LogP contribution in [0.15, 0.2) is 22.7 Å². The Morgan fingerprint density at radius 1 is 1.24 bits per heavy atom. The number of rotatable bonds is 3. The van der Waals surface area contributed by atoms with Crippen LogP contribution >= 0.6 is 15.9 Å². The molecule has 0 unspecified atom stereocenters. The normalized spacial score (nSPS) is 10.7. The molecule has 1 rings (SSSR count). The Balaban J connectivity index is 2.67. The molecule has 0 aliphatic carbocycles. The molecular formula is C14H19BrN2O4. The summed E-state index contributed by atoms with van der Waals surface area (Å²) < 4.78 is 10.8. The lowest BCUT2D eigenvalue weighted by Gasteiger charge is -2.23. The summed E-state index contributed by atoms with van der Waals surface area (Å²) in [7, 11) is 1.20. The molecule has 0 spiro atoms. The summed E-state index contributed by atoms with van der Waals surface area (Å²) in [5, 5.41) is 0. The number of methoxy groups -OCH3 is 1. The van der Waals surface area contributed by atoms with E-state index in [1.807, 2.05) is 12.1 Å². The fraction of sp³-hybridized carbons (Fsp3) is 0.429. The summed E-state index contributed by atoms with van der Waals surface area (Å²) in [4.78, 5) is 22.4. The minimum atomic E-state index is -0.748. The average molecular weight is 359 g/mol. The summed E-state index contributed by atoms with van der Waals surface area (Å²) in [6.45, 7) is 5.95. The Kier molecular flexibility index (Phi) is 6.02. The maximum atomic E-state index is 11.5. The zero-order valence-corrected chi connectivity index (χ0v) is 14.0. The molecule has 7 heteroatoms. The van der Waals surface area contributed by atoms with Crippen molar-refractivity contribution in [2.45, 2.75) is 26.2 Å². The second kappa shape index (κ2) is 7.31. The maximum absolute atomic E-state index is 11.5. The van der Waals surface area contributed by atoms with Crippen LogP contribution in [-0.2, 0) is 14.9 Å². The molecule has 1 aromatic carbocycles. The maximum Gasteiger partial charge on any atom is 0.425 e. The van der Waals surface area contributed by atoms with Crippen molar-refractivity contribution in [1.29, 1.82) is 0 Å². The number of benzene rings is 1. The van der Waals surface area contributed by atoms with Gasteiger partial charge in [-0.05, 0) is 23.6 Å². The van der Waals surface area contributed by atoms with Crippen LogP contribution < -0.4 is 15.6 Å². The van der Waals surface area contributed by atoms with Crippen LogP contribution in [0.2, 0.25) is 0 Å². The average Bonchev–Trinajstić information content (AvgIpc) is 2.42. The van der Waals surface area contributed by atoms with Crippen LogP contribution in [0.5, 0.6) is 5.75 Å². The SMILES string of the molecule is COC(=O)NNC(=O)COc1ccc(Br)cc1C(C)(C)C. The number of hydrogen-bond donors (Lipinski definition) is 2. The predicted octanol–water partition coefficient (Wildman–Crippen LogP) is 2.51. The van der Waals surface area contributed by atoms with Crippen molar-refractivity contribution in [3.63, 3.8) is 0 Å². The molecule has 0 atom stereocenters. The summed E-state index contributed by atoms with van der Waals surface area (Å²) in [5.74, 6) is 0.141. The summed E-state index contributed by atoms with van der Waals surface area (Å²) in [5.41, 5.74) is 5.10. The molecular weight excluding hydrogens is 340 g/mol. The zero-order valence-electron chi connectivity index (χ0n) is 12.5. The Labute approximate surface area is 132 Å². The topological polar surface area (TPSA) is 76.7 Å². The summed E-state index contributed by atoms with van der Waals surface area (Å²) in [6, 6.07) is 5.60. The molecule has 2 N–H and O–H groups in total. The van der Waals surface area contributed by atoms with Gasteiger partial charge in [-0.25, -0.2) is 10.2 Å². The second-order valence-corrected chi connectivity index (χ2v) is 6.26. The molecule has 1 aromatic rings. The van der Waals surface area contributed by atoms with E-state index in [9.17, 15) is 9.59 Å². The first-order chi connectivity index (χ1) is 9.74. The van der Waals surface area contributed by atoms with E-state index in [1.165, 1.54) is 7.11 Å². The highest BCUT2D eigenvalue weighted by molar-refractivity contribution is 9.10. The lowest BCUT2D eigenvalue weighted by molar-refractivity contribution is -0.123. The quantitative estimate of drug-likeness (QED) is 0.813. The molecule has 0 saturated carbocycles. The molecule has 0 bridgehead atoms. The van der Waals surface area contributed by atoms with E-state index in [4.69, 9.17) is 4.74 Å². The van der Waals surface area contributed by atoms with Crippen LogP contribution in [0, 0.1) is 0 Å². The van der Waals surface area contributed by atoms with Gasteiger partial charge < -0.3 is 9.47 Å². The van der Waals surface area contributed by atoms with Crippen molar-refractivity contribution in [2.75, 3.05) is 13.7 Å². The Hall–Kier alpha value is -1.76. The lowest BCUT2D eigenvalue weighted by atomic mass is 9.86. The van der Waals surface area contributed by atoms with E-state index in [-0.39, 0.29) is 12.0 Å². The van der Waals surface area contributed by atoms with Gasteiger partial charge in [0.1, 0.15) is 5.75 Å². The van der Waals surface area contributed by atoms with Crippen molar-refractivity contribution >= 4 is 27.9 Å². The number of nitrogens with one attached hydrogen (secondary N) is 2. The van der Waals surface area contributed by atoms with Gasteiger partial charge in [-0.3, -0.25) is 10.2 Å². The highest BCUT2D eigenvalue weighted by atomic mass is 79.9. The third kappa shape index (κ3) is 5.63. The van der Waals surface area contributed by atoms with Crippen LogP contribution in [-0.4, -0.2) is 25.7 Å². The molecule has 0 aliphatic heterocycles. The van der Waals surface area contributed by atoms with Crippen molar-refractivity contribution < 1.29 is 19.1 Å². The largest absolute Gasteiger partial charge is 0.483 e. The number of halogens is 1. The number of carbonyl (C=O) groups excluding carboxylic acids is 2. The molecule has 6 nitrogen and oxygen atoms in total. The molecule has 21 heavy (non-hydrogen) atoms. The van der Waals surface area contributed by atoms with Gasteiger partial charge in [-0.1, -0.05) is 36.7 Å². The molecule has 0 aromatic heterocycles. The smallest absolute Gasteiger partial charge is 0.425 e. The third-order valence-corrected chi connectivity index (χ3v) is 3.09. The van der Waals surface area contributed by atoms with Crippen LogP contribution in [0.25, 0.3) is 0 Å². The van der Waals surface area contributed by atoms with Gasteiger partial charge in [0.15, 0.2) is 6.61 Å². The fourth-order valence-corrected chi connectivity index (χ4v) is 1.93. The molecule has 0 saturated heterocycles. The van der Waals surface area contributed by atoms with E-state index in [2.05, 4.69) is 52.3 Å². The van der Waals surface area contributed by atoms with Crippen molar-refractivity contribution in [2.24, 2.45) is 0 Å². The van der Waals surface area contributed by atoms with Gasteiger partial charge in [0.05, 0.1) is 7.11 Å². The third-order valence-electron chi connectivity index (χ3n) is 2.60. The zero-order chi connectivity index (χ0) is 16.0. The van der Waals surface area contributed by atoms with Crippen LogP contribution in [0.4, 0.5) is 4.79 Å². The molecule has 0 radical (unpaired) electrons. The Bertz CT molecular complexity index is 526. The minimum absolute atomic E-state index is 0.125. The highest BCUT2D eigenvalue weighted by Crippen LogP contribution is 2.33. The van der Waals surface area contributed by atoms with Gasteiger partial charge in [0, 0.05) is 10.0 Å². The monoisotopic (exact) mass is 358 g/mol. The van der Waals surface area contributed by atoms with E-state index < -0.39 is 12.0 Å². The number of ether oxygens (including phenoxy) is 2. The van der Waals surface area contributed by atoms with Crippen LogP contribution in [0.3, 0.4) is 0 Å². The molecule has 116 valence electrons. The van der Waals surface area contributed by atoms with E-state index in [0.29, 0.717) is 5.75 Å². The Morgan fingerprint density at radius 3 is 2.48 bits per heavy atom. The highest BCUT2D eigenvalue weighted by Gasteiger charge is 2.20. The van der Waals surface area contributed by atoms with Gasteiger partial charge in [-0.15, -0.1) is 0 Å². The number of hydrazine groups is 1. The molecule has 0 fully saturated rings. The minimum Gasteiger partial charge on any atom is -0.483 e. The Morgan fingerprint density at radius 2 is 1.90 bits per heavy atom. The number of carbonyl (C=O) groups is 2. The van der Waals surface area contributed by atoms with Crippen molar-refractivity contribution in [1.82, 2.24) is 10.9 Å². The first kappa shape index (κ1) is 17.3. The first-order valence-electron chi connectivity index (χ1n) is 6.29. The van der Waals surface area contributed by atoms with Crippen molar-refractivity contribution in [3.8, 4) is 5.75 Å². The van der Waals surface area contributed by atoms with E-state index in [1.54, 1.807) is 6.07 Å². The molecule has 2 amide bonds. The second-order valence-electron chi connectivity index (χ2n) is 5.34. The summed E-state index contributed by atoms with van der Waals surface area (Å²) >= 11 is 3.42. The first-order valence-corrected chi connectivity index (χ1v) is 7.09. The predicted molar refractivity (Wildman–Crippen MR) is 82.0 cm³/mol. The number of amides is 2. The lowest BCUT2D eigenvalue weighted by Crippen LogP contribution is -2.43. The van der Waals surface area contributed by atoms with E-state index >= 15 is 0 Å². The van der Waals surface area contributed by atoms with Gasteiger partial charge >= 0.3 is 6.09 Å². The number of hydrogen-bond acceptors (Lipinski definition) is 4. The van der Waals surface area contributed by atoms with E-state index in [0.717, 1.165) is 10.0 Å². The van der Waals surface area contributed by atoms with Crippen molar-refractivity contribution in [3.05, 3.63) is 28.2 Å². The molecule has 0 aliphatic rings. The summed E-state index contributed by atoms with van der Waals surface area (Å²) in [6.07, 6.45) is -0.748. The molecule has 0 heterocycles. The van der Waals surface area contributed by atoms with Crippen LogP contribution in [0.1, 0.15) is 26.3 Å². The van der Waals surface area contributed by atoms with Gasteiger partial charge in [0.25, 0.3) is 5.91 Å². The van der Waals surface area contributed by atoms with Gasteiger partial charge in [0.2, 0.25) is 0 Å². The fourth-order valence-electron chi connectivity index (χ4n) is 1.57.